The molecule has 0 aliphatic heterocycles. The number of hydrogen-bond donors (Lipinski definition) is 2. The first kappa shape index (κ1) is 16.6. The molecule has 0 saturated carbocycles. The van der Waals surface area contributed by atoms with Gasteiger partial charge in [0.2, 0.25) is 5.91 Å². The van der Waals surface area contributed by atoms with Crippen molar-refractivity contribution in [1.29, 1.82) is 0 Å². The van der Waals surface area contributed by atoms with E-state index in [-0.39, 0.29) is 17.7 Å². The van der Waals surface area contributed by atoms with Gasteiger partial charge in [0.1, 0.15) is 0 Å². The first-order chi connectivity index (χ1) is 11.6. The monoisotopic (exact) mass is 335 g/mol. The first-order valence-corrected chi connectivity index (χ1v) is 8.72. The molecule has 122 valence electrons. The maximum Gasteiger partial charge on any atom is 0.230 e. The second-order valence-electron chi connectivity index (χ2n) is 6.06. The van der Waals surface area contributed by atoms with Crippen molar-refractivity contribution in [3.63, 3.8) is 0 Å². The number of benzene rings is 3. The summed E-state index contributed by atoms with van der Waals surface area (Å²) in [5.41, 5.74) is 4.69. The van der Waals surface area contributed by atoms with E-state index in [0.717, 1.165) is 16.7 Å². The van der Waals surface area contributed by atoms with Crippen molar-refractivity contribution in [2.45, 2.75) is 19.9 Å². The SMILES string of the molecule is Cc1ccc(-c2ccc3ccccc3c2C(C)NC(=O)CS)cc1. The van der Waals surface area contributed by atoms with Gasteiger partial charge < -0.3 is 5.32 Å². The van der Waals surface area contributed by atoms with Gasteiger partial charge in [0.25, 0.3) is 0 Å². The van der Waals surface area contributed by atoms with Crippen LogP contribution in [-0.4, -0.2) is 11.7 Å². The van der Waals surface area contributed by atoms with Crippen LogP contribution >= 0.6 is 12.6 Å². The van der Waals surface area contributed by atoms with Gasteiger partial charge >= 0.3 is 0 Å². The minimum absolute atomic E-state index is 0.0615. The van der Waals surface area contributed by atoms with Crippen molar-refractivity contribution in [2.24, 2.45) is 0 Å². The van der Waals surface area contributed by atoms with Crippen molar-refractivity contribution in [3.8, 4) is 11.1 Å². The summed E-state index contributed by atoms with van der Waals surface area (Å²) in [6.45, 7) is 4.11. The highest BCUT2D eigenvalue weighted by Gasteiger charge is 2.17. The third-order valence-electron chi connectivity index (χ3n) is 4.29. The number of nitrogens with one attached hydrogen (secondary N) is 1. The van der Waals surface area contributed by atoms with Crippen LogP contribution in [0.4, 0.5) is 0 Å². The second kappa shape index (κ2) is 7.10. The average Bonchev–Trinajstić information content (AvgIpc) is 2.61. The fraction of sp³-hybridized carbons (Fsp3) is 0.190. The molecule has 0 radical (unpaired) electrons. The van der Waals surface area contributed by atoms with Gasteiger partial charge in [-0.2, -0.15) is 12.6 Å². The van der Waals surface area contributed by atoms with Gasteiger partial charge in [0.05, 0.1) is 11.8 Å². The van der Waals surface area contributed by atoms with Crippen LogP contribution in [0.15, 0.2) is 60.7 Å². The topological polar surface area (TPSA) is 29.1 Å². The van der Waals surface area contributed by atoms with Crippen LogP contribution in [0.25, 0.3) is 21.9 Å². The summed E-state index contributed by atoms with van der Waals surface area (Å²) >= 11 is 4.07. The third-order valence-corrected chi connectivity index (χ3v) is 4.57. The molecule has 24 heavy (non-hydrogen) atoms. The Labute approximate surface area is 148 Å². The summed E-state index contributed by atoms with van der Waals surface area (Å²) < 4.78 is 0. The lowest BCUT2D eigenvalue weighted by Crippen LogP contribution is -2.28. The number of carbonyl (C=O) groups is 1. The van der Waals surface area contributed by atoms with Crippen LogP contribution < -0.4 is 5.32 Å². The zero-order valence-corrected chi connectivity index (χ0v) is 14.8. The van der Waals surface area contributed by atoms with Crippen molar-refractivity contribution in [3.05, 3.63) is 71.8 Å². The van der Waals surface area contributed by atoms with E-state index in [4.69, 9.17) is 0 Å². The molecule has 2 nitrogen and oxygen atoms in total. The van der Waals surface area contributed by atoms with Gasteiger partial charge in [0.15, 0.2) is 0 Å². The van der Waals surface area contributed by atoms with Gasteiger partial charge in [-0.15, -0.1) is 0 Å². The molecule has 0 fully saturated rings. The maximum absolute atomic E-state index is 11.8. The van der Waals surface area contributed by atoms with Crippen molar-refractivity contribution in [1.82, 2.24) is 5.32 Å². The van der Waals surface area contributed by atoms with Gasteiger partial charge in [0, 0.05) is 0 Å². The number of rotatable bonds is 4. The van der Waals surface area contributed by atoms with E-state index in [1.807, 2.05) is 19.1 Å². The molecule has 3 rings (SSSR count). The van der Waals surface area contributed by atoms with E-state index in [9.17, 15) is 4.79 Å². The lowest BCUT2D eigenvalue weighted by molar-refractivity contribution is -0.119. The number of hydrogen-bond acceptors (Lipinski definition) is 2. The molecule has 0 heterocycles. The molecule has 0 aromatic heterocycles. The quantitative estimate of drug-likeness (QED) is 0.651. The smallest absolute Gasteiger partial charge is 0.230 e. The van der Waals surface area contributed by atoms with Crippen molar-refractivity contribution >= 4 is 29.3 Å². The fourth-order valence-electron chi connectivity index (χ4n) is 3.11. The van der Waals surface area contributed by atoms with Crippen LogP contribution in [-0.2, 0) is 4.79 Å². The molecule has 0 aliphatic carbocycles. The van der Waals surface area contributed by atoms with E-state index < -0.39 is 0 Å². The molecule has 1 amide bonds. The first-order valence-electron chi connectivity index (χ1n) is 8.09. The van der Waals surface area contributed by atoms with Gasteiger partial charge in [-0.25, -0.2) is 0 Å². The average molecular weight is 335 g/mol. The Kier molecular flexibility index (Phi) is 4.91. The van der Waals surface area contributed by atoms with Crippen LogP contribution in [0.2, 0.25) is 0 Å². The summed E-state index contributed by atoms with van der Waals surface area (Å²) in [7, 11) is 0. The number of fused-ring (bicyclic) bond motifs is 1. The third kappa shape index (κ3) is 3.31. The highest BCUT2D eigenvalue weighted by atomic mass is 32.1. The lowest BCUT2D eigenvalue weighted by Gasteiger charge is -2.21. The molecular formula is C21H21NOS. The molecule has 3 aromatic carbocycles. The van der Waals surface area contributed by atoms with Gasteiger partial charge in [-0.1, -0.05) is 66.2 Å². The number of amides is 1. The van der Waals surface area contributed by atoms with E-state index in [1.54, 1.807) is 0 Å². The van der Waals surface area contributed by atoms with E-state index in [2.05, 4.69) is 73.4 Å². The van der Waals surface area contributed by atoms with E-state index in [0.29, 0.717) is 0 Å². The summed E-state index contributed by atoms with van der Waals surface area (Å²) in [4.78, 5) is 11.8. The summed E-state index contributed by atoms with van der Waals surface area (Å²) in [5.74, 6) is 0.128. The van der Waals surface area contributed by atoms with Crippen LogP contribution in [0.3, 0.4) is 0 Å². The molecule has 3 heteroatoms. The number of aryl methyl sites for hydroxylation is 1. The normalized spacial score (nSPS) is 12.1. The summed E-state index contributed by atoms with van der Waals surface area (Å²) in [6, 6.07) is 21.0. The number of thiol groups is 1. The molecule has 0 bridgehead atoms. The maximum atomic E-state index is 11.8. The van der Waals surface area contributed by atoms with Crippen molar-refractivity contribution < 1.29 is 4.79 Å². The van der Waals surface area contributed by atoms with Crippen molar-refractivity contribution in [2.75, 3.05) is 5.75 Å². The Bertz CT molecular complexity index is 871. The standard InChI is InChI=1S/C21H21NOS/c1-14-7-9-17(10-8-14)19-12-11-16-5-3-4-6-18(16)21(19)15(2)22-20(23)13-24/h3-12,15,24H,13H2,1-2H3,(H,22,23). The molecule has 0 aliphatic rings. The Morgan fingerprint density at radius 1 is 1.04 bits per heavy atom. The highest BCUT2D eigenvalue weighted by Crippen LogP contribution is 2.34. The molecule has 1 unspecified atom stereocenters. The zero-order chi connectivity index (χ0) is 17.1. The Hall–Kier alpha value is -2.26. The zero-order valence-electron chi connectivity index (χ0n) is 13.9. The highest BCUT2D eigenvalue weighted by molar-refractivity contribution is 7.81. The lowest BCUT2D eigenvalue weighted by atomic mass is 9.90. The minimum atomic E-state index is -0.0907. The van der Waals surface area contributed by atoms with Gasteiger partial charge in [-0.3, -0.25) is 4.79 Å². The molecular weight excluding hydrogens is 314 g/mol. The summed E-state index contributed by atoms with van der Waals surface area (Å²) in [5, 5.41) is 5.39. The van der Waals surface area contributed by atoms with E-state index in [1.165, 1.54) is 16.3 Å². The molecule has 0 saturated heterocycles. The Balaban J connectivity index is 2.19. The van der Waals surface area contributed by atoms with Crippen LogP contribution in [0.1, 0.15) is 24.1 Å². The van der Waals surface area contributed by atoms with Crippen LogP contribution in [0, 0.1) is 6.92 Å². The van der Waals surface area contributed by atoms with Gasteiger partial charge in [-0.05, 0) is 41.3 Å². The second-order valence-corrected chi connectivity index (χ2v) is 6.38. The molecule has 0 spiro atoms. The molecule has 1 atom stereocenters. The van der Waals surface area contributed by atoms with Crippen LogP contribution in [0.5, 0.6) is 0 Å². The largest absolute Gasteiger partial charge is 0.349 e. The fourth-order valence-corrected chi connectivity index (χ4v) is 3.20. The summed E-state index contributed by atoms with van der Waals surface area (Å²) in [6.07, 6.45) is 0. The predicted octanol–water partition coefficient (Wildman–Crippen LogP) is 4.92. The predicted molar refractivity (Wildman–Crippen MR) is 105 cm³/mol. The number of carbonyl (C=O) groups excluding carboxylic acids is 1. The molecule has 1 N–H and O–H groups in total. The Morgan fingerprint density at radius 2 is 1.75 bits per heavy atom. The molecule has 3 aromatic rings. The Morgan fingerprint density at radius 3 is 2.46 bits per heavy atom. The van der Waals surface area contributed by atoms with E-state index >= 15 is 0 Å². The minimum Gasteiger partial charge on any atom is -0.349 e.